The summed E-state index contributed by atoms with van der Waals surface area (Å²) in [6, 6.07) is 26.6. The van der Waals surface area contributed by atoms with Crippen LogP contribution in [0.3, 0.4) is 0 Å². The number of aliphatic hydroxyl groups is 1. The van der Waals surface area contributed by atoms with Crippen molar-refractivity contribution in [1.82, 2.24) is 4.90 Å². The lowest BCUT2D eigenvalue weighted by molar-refractivity contribution is -0.140. The summed E-state index contributed by atoms with van der Waals surface area (Å²) in [5, 5.41) is 11.2. The highest BCUT2D eigenvalue weighted by Crippen LogP contribution is 2.40. The fraction of sp³-hybridized carbons (Fsp3) is 0.103. The normalized spacial score (nSPS) is 16.9. The number of likely N-dealkylation sites (tertiary alicyclic amines) is 1. The molecule has 0 spiro atoms. The Hall–Kier alpha value is -4.10. The van der Waals surface area contributed by atoms with Gasteiger partial charge in [0.1, 0.15) is 23.9 Å². The molecule has 1 aliphatic heterocycles. The molecule has 180 valence electrons. The standard InChI is InChI=1S/C29H22BrNO5/c30-22-12-8-21(9-13-22)27(32)25-26(31(29(34)28(25)33)17-24-7-4-16-35-24)20-10-14-23(15-11-20)36-18-19-5-2-1-3-6-19/h1-16,26,32H,17-18H2/b27-25-. The minimum Gasteiger partial charge on any atom is -0.507 e. The third-order valence-electron chi connectivity index (χ3n) is 6.01. The zero-order chi connectivity index (χ0) is 25.1. The summed E-state index contributed by atoms with van der Waals surface area (Å²) in [7, 11) is 0. The van der Waals surface area contributed by atoms with Gasteiger partial charge in [0.25, 0.3) is 11.7 Å². The molecule has 0 aliphatic carbocycles. The Kier molecular flexibility index (Phi) is 6.73. The maximum Gasteiger partial charge on any atom is 0.296 e. The number of Topliss-reactive ketones (excluding diaryl/α,β-unsaturated/α-hetero) is 1. The number of carbonyl (C=O) groups is 2. The van der Waals surface area contributed by atoms with Gasteiger partial charge in [-0.3, -0.25) is 9.59 Å². The van der Waals surface area contributed by atoms with E-state index in [1.54, 1.807) is 60.7 Å². The molecule has 7 heteroatoms. The summed E-state index contributed by atoms with van der Waals surface area (Å²) in [4.78, 5) is 27.7. The second-order valence-corrected chi connectivity index (χ2v) is 9.27. The molecule has 1 unspecified atom stereocenters. The SMILES string of the molecule is O=C1C(=O)N(Cc2ccco2)C(c2ccc(OCc3ccccc3)cc2)/C1=C(/O)c1ccc(Br)cc1. The zero-order valence-corrected chi connectivity index (χ0v) is 20.7. The molecule has 36 heavy (non-hydrogen) atoms. The van der Waals surface area contributed by atoms with Crippen LogP contribution in [0.1, 0.15) is 28.5 Å². The number of benzene rings is 3. The Bertz CT molecular complexity index is 1390. The van der Waals surface area contributed by atoms with Crippen molar-refractivity contribution in [3.05, 3.63) is 130 Å². The van der Waals surface area contributed by atoms with Crippen LogP contribution in [0.15, 0.2) is 112 Å². The summed E-state index contributed by atoms with van der Waals surface area (Å²) < 4.78 is 12.2. The second kappa shape index (κ2) is 10.3. The molecule has 0 bridgehead atoms. The van der Waals surface area contributed by atoms with E-state index in [-0.39, 0.29) is 17.9 Å². The van der Waals surface area contributed by atoms with Crippen molar-refractivity contribution < 1.29 is 23.8 Å². The molecule has 1 N–H and O–H groups in total. The number of aliphatic hydroxyl groups excluding tert-OH is 1. The van der Waals surface area contributed by atoms with E-state index in [1.165, 1.54) is 11.2 Å². The summed E-state index contributed by atoms with van der Waals surface area (Å²) >= 11 is 3.38. The number of ether oxygens (including phenoxy) is 1. The quantitative estimate of drug-likeness (QED) is 0.169. The van der Waals surface area contributed by atoms with Gasteiger partial charge in [-0.2, -0.15) is 0 Å². The largest absolute Gasteiger partial charge is 0.507 e. The van der Waals surface area contributed by atoms with E-state index < -0.39 is 17.7 Å². The second-order valence-electron chi connectivity index (χ2n) is 8.36. The Labute approximate surface area is 216 Å². The van der Waals surface area contributed by atoms with E-state index in [4.69, 9.17) is 9.15 Å². The predicted molar refractivity (Wildman–Crippen MR) is 138 cm³/mol. The Morgan fingerprint density at radius 2 is 1.64 bits per heavy atom. The molecule has 0 saturated carbocycles. The Morgan fingerprint density at radius 1 is 0.917 bits per heavy atom. The third-order valence-corrected chi connectivity index (χ3v) is 6.54. The fourth-order valence-electron chi connectivity index (χ4n) is 4.21. The van der Waals surface area contributed by atoms with Gasteiger partial charge in [0.15, 0.2) is 0 Å². The first-order valence-corrected chi connectivity index (χ1v) is 12.1. The average molecular weight is 544 g/mol. The molecule has 1 aliphatic rings. The van der Waals surface area contributed by atoms with Gasteiger partial charge >= 0.3 is 0 Å². The number of rotatable bonds is 7. The van der Waals surface area contributed by atoms with Crippen LogP contribution in [0.4, 0.5) is 0 Å². The van der Waals surface area contributed by atoms with Crippen molar-refractivity contribution in [2.24, 2.45) is 0 Å². The van der Waals surface area contributed by atoms with E-state index in [0.29, 0.717) is 29.2 Å². The molecule has 1 aromatic heterocycles. The molecule has 3 aromatic carbocycles. The van der Waals surface area contributed by atoms with E-state index in [2.05, 4.69) is 15.9 Å². The Balaban J connectivity index is 1.50. The smallest absolute Gasteiger partial charge is 0.296 e. The highest BCUT2D eigenvalue weighted by Gasteiger charge is 2.46. The van der Waals surface area contributed by atoms with Crippen molar-refractivity contribution in [3.63, 3.8) is 0 Å². The monoisotopic (exact) mass is 543 g/mol. The van der Waals surface area contributed by atoms with Crippen molar-refractivity contribution >= 4 is 33.4 Å². The zero-order valence-electron chi connectivity index (χ0n) is 19.1. The number of carbonyl (C=O) groups excluding carboxylic acids is 2. The van der Waals surface area contributed by atoms with E-state index in [9.17, 15) is 14.7 Å². The molecule has 6 nitrogen and oxygen atoms in total. The van der Waals surface area contributed by atoms with Gasteiger partial charge in [0.05, 0.1) is 24.4 Å². The number of nitrogens with zero attached hydrogens (tertiary/aromatic N) is 1. The van der Waals surface area contributed by atoms with Crippen LogP contribution >= 0.6 is 15.9 Å². The van der Waals surface area contributed by atoms with E-state index >= 15 is 0 Å². The molecule has 1 amide bonds. The molecule has 1 atom stereocenters. The molecule has 2 heterocycles. The van der Waals surface area contributed by atoms with Gasteiger partial charge in [-0.1, -0.05) is 70.5 Å². The fourth-order valence-corrected chi connectivity index (χ4v) is 4.47. The first kappa shape index (κ1) is 23.6. The minimum atomic E-state index is -0.790. The number of furan rings is 1. The van der Waals surface area contributed by atoms with Crippen molar-refractivity contribution in [3.8, 4) is 5.75 Å². The summed E-state index contributed by atoms with van der Waals surface area (Å²) in [5.41, 5.74) is 2.20. The number of halogens is 1. The maximum absolute atomic E-state index is 13.2. The number of amides is 1. The minimum absolute atomic E-state index is 0.0341. The summed E-state index contributed by atoms with van der Waals surface area (Å²) in [5.74, 6) is -0.472. The van der Waals surface area contributed by atoms with E-state index in [1.807, 2.05) is 30.3 Å². The van der Waals surface area contributed by atoms with Crippen LogP contribution in [0.2, 0.25) is 0 Å². The molecule has 4 aromatic rings. The highest BCUT2D eigenvalue weighted by molar-refractivity contribution is 9.10. The highest BCUT2D eigenvalue weighted by atomic mass is 79.9. The van der Waals surface area contributed by atoms with Gasteiger partial charge < -0.3 is 19.2 Å². The lowest BCUT2D eigenvalue weighted by atomic mass is 9.95. The molecular weight excluding hydrogens is 522 g/mol. The summed E-state index contributed by atoms with van der Waals surface area (Å²) in [6.07, 6.45) is 1.52. The number of hydrogen-bond acceptors (Lipinski definition) is 5. The van der Waals surface area contributed by atoms with Crippen LogP contribution in [0, 0.1) is 0 Å². The topological polar surface area (TPSA) is 80.0 Å². The van der Waals surface area contributed by atoms with Crippen molar-refractivity contribution in [2.45, 2.75) is 19.2 Å². The van der Waals surface area contributed by atoms with Gasteiger partial charge in [0.2, 0.25) is 0 Å². The molecule has 1 saturated heterocycles. The Morgan fingerprint density at radius 3 is 2.31 bits per heavy atom. The van der Waals surface area contributed by atoms with Gasteiger partial charge in [-0.05, 0) is 47.5 Å². The first-order valence-electron chi connectivity index (χ1n) is 11.3. The van der Waals surface area contributed by atoms with Crippen molar-refractivity contribution in [2.75, 3.05) is 0 Å². The van der Waals surface area contributed by atoms with E-state index in [0.717, 1.165) is 10.0 Å². The maximum atomic E-state index is 13.2. The van der Waals surface area contributed by atoms with Crippen LogP contribution in [0.5, 0.6) is 5.75 Å². The lowest BCUT2D eigenvalue weighted by Gasteiger charge is -2.24. The molecule has 1 fully saturated rings. The van der Waals surface area contributed by atoms with Crippen LogP contribution in [-0.4, -0.2) is 21.7 Å². The number of hydrogen-bond donors (Lipinski definition) is 1. The predicted octanol–water partition coefficient (Wildman–Crippen LogP) is 6.24. The lowest BCUT2D eigenvalue weighted by Crippen LogP contribution is -2.29. The van der Waals surface area contributed by atoms with Gasteiger partial charge in [-0.25, -0.2) is 0 Å². The van der Waals surface area contributed by atoms with Crippen LogP contribution < -0.4 is 4.74 Å². The van der Waals surface area contributed by atoms with Crippen LogP contribution in [0.25, 0.3) is 5.76 Å². The molecular formula is C29H22BrNO5. The first-order chi connectivity index (χ1) is 17.5. The molecule has 0 radical (unpaired) electrons. The summed E-state index contributed by atoms with van der Waals surface area (Å²) in [6.45, 7) is 0.506. The molecule has 5 rings (SSSR count). The van der Waals surface area contributed by atoms with Crippen LogP contribution in [-0.2, 0) is 22.7 Å². The van der Waals surface area contributed by atoms with Crippen molar-refractivity contribution in [1.29, 1.82) is 0 Å². The average Bonchev–Trinajstić information content (AvgIpc) is 3.51. The van der Waals surface area contributed by atoms with Gasteiger partial charge in [-0.15, -0.1) is 0 Å². The van der Waals surface area contributed by atoms with Gasteiger partial charge in [0, 0.05) is 10.0 Å². The third kappa shape index (κ3) is 4.83. The number of ketones is 1.